The number of ether oxygens (including phenoxy) is 1. The van der Waals surface area contributed by atoms with E-state index >= 15 is 0 Å². The molecular weight excluding hydrogens is 440 g/mol. The van der Waals surface area contributed by atoms with Gasteiger partial charge in [-0.15, -0.1) is 0 Å². The van der Waals surface area contributed by atoms with Crippen LogP contribution in [-0.2, 0) is 9.53 Å². The van der Waals surface area contributed by atoms with Crippen LogP contribution >= 0.6 is 0 Å². The number of piperazine rings is 1. The van der Waals surface area contributed by atoms with E-state index in [2.05, 4.69) is 42.6 Å². The van der Waals surface area contributed by atoms with Crippen LogP contribution in [0.4, 0.5) is 22.9 Å². The molecule has 1 saturated heterocycles. The second-order valence-electron chi connectivity index (χ2n) is 9.89. The number of carbonyl (C=O) groups is 1. The fourth-order valence-electron chi connectivity index (χ4n) is 4.77. The highest BCUT2D eigenvalue weighted by atomic mass is 16.5. The molecular formula is C27H38N6O2. The molecule has 3 N–H and O–H groups in total. The van der Waals surface area contributed by atoms with E-state index in [1.54, 1.807) is 19.4 Å². The van der Waals surface area contributed by atoms with Gasteiger partial charge in [0.2, 0.25) is 5.91 Å². The van der Waals surface area contributed by atoms with Crippen LogP contribution in [0, 0.1) is 12.8 Å². The van der Waals surface area contributed by atoms with Crippen molar-refractivity contribution >= 4 is 34.9 Å². The molecule has 3 heterocycles. The quantitative estimate of drug-likeness (QED) is 0.553. The highest BCUT2D eigenvalue weighted by Crippen LogP contribution is 2.47. The summed E-state index contributed by atoms with van der Waals surface area (Å²) in [4.78, 5) is 26.6. The molecule has 1 aliphatic carbocycles. The summed E-state index contributed by atoms with van der Waals surface area (Å²) in [5.41, 5.74) is 12.2. The van der Waals surface area contributed by atoms with Gasteiger partial charge in [-0.2, -0.15) is 0 Å². The maximum absolute atomic E-state index is 12.8. The first kappa shape index (κ1) is 25.0. The molecule has 8 heteroatoms. The zero-order valence-corrected chi connectivity index (χ0v) is 21.4. The van der Waals surface area contributed by atoms with Crippen LogP contribution in [0.3, 0.4) is 0 Å². The van der Waals surface area contributed by atoms with Crippen LogP contribution in [0.1, 0.15) is 56.0 Å². The van der Waals surface area contributed by atoms with Crippen LogP contribution in [0.5, 0.6) is 0 Å². The number of rotatable bonds is 9. The third-order valence-electron chi connectivity index (χ3n) is 7.05. The SMILES string of the molecule is C=Cc1cc(Nc2c(C3CC3)nc(N3CCN(C(=O)CCOC)[C@H](C(C)C)C3)c(N)c2C)ccn1. The summed E-state index contributed by atoms with van der Waals surface area (Å²) < 4.78 is 5.13. The lowest BCUT2D eigenvalue weighted by atomic mass is 9.98. The van der Waals surface area contributed by atoms with Crippen LogP contribution in [0.25, 0.3) is 6.08 Å². The van der Waals surface area contributed by atoms with E-state index in [0.29, 0.717) is 43.6 Å². The molecule has 2 aromatic heterocycles. The van der Waals surface area contributed by atoms with Crippen LogP contribution in [0.2, 0.25) is 0 Å². The van der Waals surface area contributed by atoms with Crippen molar-refractivity contribution in [2.24, 2.45) is 5.92 Å². The zero-order chi connectivity index (χ0) is 25.1. The Hall–Kier alpha value is -3.13. The smallest absolute Gasteiger partial charge is 0.225 e. The van der Waals surface area contributed by atoms with Gasteiger partial charge in [-0.05, 0) is 43.9 Å². The minimum Gasteiger partial charge on any atom is -0.395 e. The van der Waals surface area contributed by atoms with Gasteiger partial charge in [0.05, 0.1) is 41.8 Å². The maximum Gasteiger partial charge on any atom is 0.225 e. The molecule has 2 aromatic rings. The second-order valence-corrected chi connectivity index (χ2v) is 9.89. The van der Waals surface area contributed by atoms with Crippen molar-refractivity contribution in [3.8, 4) is 0 Å². The van der Waals surface area contributed by atoms with Gasteiger partial charge in [0.1, 0.15) is 0 Å². The van der Waals surface area contributed by atoms with Crippen LogP contribution in [0.15, 0.2) is 24.9 Å². The average Bonchev–Trinajstić information content (AvgIpc) is 3.70. The molecule has 2 aliphatic rings. The predicted molar refractivity (Wildman–Crippen MR) is 142 cm³/mol. The van der Waals surface area contributed by atoms with E-state index in [9.17, 15) is 4.79 Å². The van der Waals surface area contributed by atoms with Gasteiger partial charge in [-0.25, -0.2) is 4.98 Å². The zero-order valence-electron chi connectivity index (χ0n) is 21.4. The number of carbonyl (C=O) groups excluding carboxylic acids is 1. The summed E-state index contributed by atoms with van der Waals surface area (Å²) in [6.45, 7) is 12.8. The Balaban J connectivity index is 1.63. The Morgan fingerprint density at radius 3 is 2.80 bits per heavy atom. The standard InChI is InChI=1S/C27H38N6O2/c1-6-20-15-21(9-11-29-20)30-25-18(4)24(28)27(31-26(25)19-7-8-19)32-12-13-33(22(16-32)17(2)3)23(34)10-14-35-5/h6,9,11,15,17,19,22H,1,7-8,10,12-14,16,28H2,2-5H3,(H,29,30)/t22-/m0/s1. The van der Waals surface area contributed by atoms with E-state index in [4.69, 9.17) is 15.5 Å². The summed E-state index contributed by atoms with van der Waals surface area (Å²) in [6.07, 6.45) is 6.19. The summed E-state index contributed by atoms with van der Waals surface area (Å²) in [6, 6.07) is 4.02. The first-order valence-corrected chi connectivity index (χ1v) is 12.5. The molecule has 0 bridgehead atoms. The average molecular weight is 479 g/mol. The lowest BCUT2D eigenvalue weighted by Crippen LogP contribution is -2.57. The molecule has 2 fully saturated rings. The topological polar surface area (TPSA) is 96.6 Å². The number of pyridine rings is 2. The Bertz CT molecular complexity index is 1080. The van der Waals surface area contributed by atoms with Gasteiger partial charge < -0.3 is 25.6 Å². The van der Waals surface area contributed by atoms with Crippen molar-refractivity contribution in [1.82, 2.24) is 14.9 Å². The Morgan fingerprint density at radius 2 is 2.14 bits per heavy atom. The molecule has 1 amide bonds. The number of hydrogen-bond acceptors (Lipinski definition) is 7. The molecule has 1 atom stereocenters. The number of methoxy groups -OCH3 is 1. The highest BCUT2D eigenvalue weighted by Gasteiger charge is 2.35. The minimum absolute atomic E-state index is 0.103. The van der Waals surface area contributed by atoms with E-state index in [-0.39, 0.29) is 11.9 Å². The predicted octanol–water partition coefficient (Wildman–Crippen LogP) is 4.34. The highest BCUT2D eigenvalue weighted by molar-refractivity contribution is 5.80. The van der Waals surface area contributed by atoms with Gasteiger partial charge in [0, 0.05) is 50.1 Å². The third kappa shape index (κ3) is 5.42. The second kappa shape index (κ2) is 10.6. The summed E-state index contributed by atoms with van der Waals surface area (Å²) >= 11 is 0. The Morgan fingerprint density at radius 1 is 1.37 bits per heavy atom. The van der Waals surface area contributed by atoms with E-state index in [0.717, 1.165) is 53.5 Å². The molecule has 0 unspecified atom stereocenters. The number of nitrogen functional groups attached to an aromatic ring is 1. The molecule has 188 valence electrons. The lowest BCUT2D eigenvalue weighted by molar-refractivity contribution is -0.135. The number of aromatic nitrogens is 2. The van der Waals surface area contributed by atoms with Crippen molar-refractivity contribution in [2.75, 3.05) is 49.3 Å². The summed E-state index contributed by atoms with van der Waals surface area (Å²) in [5, 5.41) is 3.56. The van der Waals surface area contributed by atoms with Gasteiger partial charge >= 0.3 is 0 Å². The number of hydrogen-bond donors (Lipinski definition) is 2. The Labute approximate surface area is 208 Å². The van der Waals surface area contributed by atoms with E-state index < -0.39 is 0 Å². The Kier molecular flexibility index (Phi) is 7.60. The summed E-state index contributed by atoms with van der Waals surface area (Å²) in [7, 11) is 1.63. The number of nitrogens with zero attached hydrogens (tertiary/aromatic N) is 4. The molecule has 8 nitrogen and oxygen atoms in total. The third-order valence-corrected chi connectivity index (χ3v) is 7.05. The van der Waals surface area contributed by atoms with Gasteiger partial charge in [-0.3, -0.25) is 9.78 Å². The van der Waals surface area contributed by atoms with Gasteiger partial charge in [0.25, 0.3) is 0 Å². The van der Waals surface area contributed by atoms with Crippen LogP contribution in [-0.4, -0.2) is 60.2 Å². The largest absolute Gasteiger partial charge is 0.395 e. The molecule has 4 rings (SSSR count). The van der Waals surface area contributed by atoms with Crippen molar-refractivity contribution < 1.29 is 9.53 Å². The molecule has 0 aromatic carbocycles. The molecule has 35 heavy (non-hydrogen) atoms. The molecule has 0 spiro atoms. The van der Waals surface area contributed by atoms with Gasteiger partial charge in [0.15, 0.2) is 5.82 Å². The first-order chi connectivity index (χ1) is 16.8. The fourth-order valence-corrected chi connectivity index (χ4v) is 4.77. The normalized spacial score (nSPS) is 18.1. The number of nitrogens with one attached hydrogen (secondary N) is 1. The summed E-state index contributed by atoms with van der Waals surface area (Å²) in [5.74, 6) is 1.75. The van der Waals surface area contributed by atoms with Crippen molar-refractivity contribution in [3.63, 3.8) is 0 Å². The van der Waals surface area contributed by atoms with E-state index in [1.165, 1.54) is 0 Å². The molecule has 1 saturated carbocycles. The number of amides is 1. The lowest BCUT2D eigenvalue weighted by Gasteiger charge is -2.44. The first-order valence-electron chi connectivity index (χ1n) is 12.5. The fraction of sp³-hybridized carbons (Fsp3) is 0.519. The number of nitrogens with two attached hydrogens (primary N) is 1. The van der Waals surface area contributed by atoms with Crippen molar-refractivity contribution in [3.05, 3.63) is 41.9 Å². The molecule has 1 aliphatic heterocycles. The van der Waals surface area contributed by atoms with Crippen molar-refractivity contribution in [1.29, 1.82) is 0 Å². The van der Waals surface area contributed by atoms with Gasteiger partial charge in [-0.1, -0.05) is 20.4 Å². The van der Waals surface area contributed by atoms with Crippen LogP contribution < -0.4 is 16.0 Å². The minimum atomic E-state index is 0.103. The molecule has 0 radical (unpaired) electrons. The van der Waals surface area contributed by atoms with Crippen molar-refractivity contribution in [2.45, 2.75) is 52.0 Å². The number of anilines is 4. The maximum atomic E-state index is 12.8. The monoisotopic (exact) mass is 478 g/mol. The van der Waals surface area contributed by atoms with E-state index in [1.807, 2.05) is 17.0 Å².